The molecule has 0 fully saturated rings. The molecular formula is C14H19Cl2NO2. The lowest BCUT2D eigenvalue weighted by Crippen LogP contribution is -2.33. The molecule has 1 aromatic rings. The van der Waals surface area contributed by atoms with E-state index < -0.39 is 0 Å². The highest BCUT2D eigenvalue weighted by Gasteiger charge is 2.24. The van der Waals surface area contributed by atoms with Crippen LogP contribution in [0.3, 0.4) is 0 Å². The predicted molar refractivity (Wildman–Crippen MR) is 78.2 cm³/mol. The van der Waals surface area contributed by atoms with Crippen LogP contribution in [-0.2, 0) is 0 Å². The number of aliphatic hydroxyl groups is 1. The van der Waals surface area contributed by atoms with Gasteiger partial charge in [-0.15, -0.1) is 0 Å². The van der Waals surface area contributed by atoms with Crippen LogP contribution in [0.15, 0.2) is 12.1 Å². The average molecular weight is 304 g/mol. The Bertz CT molecular complexity index is 440. The molecule has 0 radical (unpaired) electrons. The van der Waals surface area contributed by atoms with E-state index in [1.54, 1.807) is 6.07 Å². The van der Waals surface area contributed by atoms with Crippen molar-refractivity contribution in [3.63, 3.8) is 0 Å². The number of halogens is 2. The number of hydrogen-bond donors (Lipinski definition) is 2. The molecule has 1 aliphatic heterocycles. The van der Waals surface area contributed by atoms with Crippen molar-refractivity contribution in [2.45, 2.75) is 38.3 Å². The third-order valence-electron chi connectivity index (χ3n) is 3.29. The molecule has 0 aliphatic carbocycles. The molecule has 0 bridgehead atoms. The van der Waals surface area contributed by atoms with E-state index in [0.717, 1.165) is 24.8 Å². The van der Waals surface area contributed by atoms with Crippen LogP contribution in [-0.4, -0.2) is 24.4 Å². The van der Waals surface area contributed by atoms with E-state index in [4.69, 9.17) is 27.9 Å². The second kappa shape index (κ2) is 6.80. The lowest BCUT2D eigenvalue weighted by atomic mass is 10.00. The molecule has 2 unspecified atom stereocenters. The Morgan fingerprint density at radius 1 is 1.47 bits per heavy atom. The molecule has 1 heterocycles. The van der Waals surface area contributed by atoms with Gasteiger partial charge in [-0.2, -0.15) is 0 Å². The highest BCUT2D eigenvalue weighted by atomic mass is 35.5. The zero-order valence-electron chi connectivity index (χ0n) is 11.0. The number of aliphatic hydroxyl groups excluding tert-OH is 1. The van der Waals surface area contributed by atoms with E-state index in [0.29, 0.717) is 28.9 Å². The van der Waals surface area contributed by atoms with Gasteiger partial charge in [-0.25, -0.2) is 0 Å². The molecule has 0 saturated carbocycles. The second-order valence-electron chi connectivity index (χ2n) is 4.85. The van der Waals surface area contributed by atoms with E-state index >= 15 is 0 Å². The molecule has 106 valence electrons. The highest BCUT2D eigenvalue weighted by Crippen LogP contribution is 2.39. The predicted octanol–water partition coefficient (Wildman–Crippen LogP) is 3.57. The normalized spacial score (nSPS) is 19.7. The minimum Gasteiger partial charge on any atom is -0.492 e. The summed E-state index contributed by atoms with van der Waals surface area (Å²) in [5.74, 6) is 0.708. The number of nitrogens with one attached hydrogen (secondary N) is 1. The van der Waals surface area contributed by atoms with Crippen LogP contribution in [0.1, 0.15) is 37.8 Å². The van der Waals surface area contributed by atoms with Crippen molar-refractivity contribution in [1.82, 2.24) is 5.32 Å². The van der Waals surface area contributed by atoms with Crippen molar-refractivity contribution in [2.24, 2.45) is 0 Å². The van der Waals surface area contributed by atoms with Crippen LogP contribution >= 0.6 is 23.2 Å². The standard InChI is InChI=1S/C14H19Cl2NO2/c1-2-3-10(18)8-17-13-4-5-19-14-11(13)6-9(15)7-12(14)16/h6-7,10,13,17-18H,2-5,8H2,1H3. The van der Waals surface area contributed by atoms with Gasteiger partial charge in [0, 0.05) is 29.6 Å². The van der Waals surface area contributed by atoms with Gasteiger partial charge >= 0.3 is 0 Å². The van der Waals surface area contributed by atoms with Gasteiger partial charge in [0.15, 0.2) is 0 Å². The zero-order chi connectivity index (χ0) is 13.8. The highest BCUT2D eigenvalue weighted by molar-refractivity contribution is 6.35. The second-order valence-corrected chi connectivity index (χ2v) is 5.69. The van der Waals surface area contributed by atoms with Gasteiger partial charge in [-0.05, 0) is 18.6 Å². The minimum atomic E-state index is -0.314. The Kier molecular flexibility index (Phi) is 5.34. The molecule has 2 N–H and O–H groups in total. The van der Waals surface area contributed by atoms with E-state index in [2.05, 4.69) is 12.2 Å². The molecule has 3 nitrogen and oxygen atoms in total. The molecule has 1 aliphatic rings. The molecule has 1 aromatic carbocycles. The van der Waals surface area contributed by atoms with Gasteiger partial charge in [0.2, 0.25) is 0 Å². The summed E-state index contributed by atoms with van der Waals surface area (Å²) < 4.78 is 5.60. The zero-order valence-corrected chi connectivity index (χ0v) is 12.5. The maximum atomic E-state index is 9.79. The van der Waals surface area contributed by atoms with Crippen LogP contribution in [0.4, 0.5) is 0 Å². The summed E-state index contributed by atoms with van der Waals surface area (Å²) in [5.41, 5.74) is 0.979. The van der Waals surface area contributed by atoms with Crippen LogP contribution in [0.2, 0.25) is 10.0 Å². The minimum absolute atomic E-state index is 0.131. The fourth-order valence-electron chi connectivity index (χ4n) is 2.35. The summed E-state index contributed by atoms with van der Waals surface area (Å²) in [6.07, 6.45) is 2.32. The number of fused-ring (bicyclic) bond motifs is 1. The summed E-state index contributed by atoms with van der Waals surface area (Å²) in [6, 6.07) is 3.70. The molecule has 5 heteroatoms. The van der Waals surface area contributed by atoms with E-state index in [-0.39, 0.29) is 12.1 Å². The summed E-state index contributed by atoms with van der Waals surface area (Å²) in [4.78, 5) is 0. The summed E-state index contributed by atoms with van der Waals surface area (Å²) in [6.45, 7) is 3.25. The van der Waals surface area contributed by atoms with Crippen LogP contribution < -0.4 is 10.1 Å². The van der Waals surface area contributed by atoms with Gasteiger partial charge in [-0.3, -0.25) is 0 Å². The van der Waals surface area contributed by atoms with Gasteiger partial charge in [0.25, 0.3) is 0 Å². The first-order valence-corrected chi connectivity index (χ1v) is 7.40. The van der Waals surface area contributed by atoms with Gasteiger partial charge in [0.05, 0.1) is 17.7 Å². The van der Waals surface area contributed by atoms with Crippen LogP contribution in [0.25, 0.3) is 0 Å². The molecule has 0 spiro atoms. The van der Waals surface area contributed by atoms with E-state index in [9.17, 15) is 5.11 Å². The molecule has 2 rings (SSSR count). The number of rotatable bonds is 5. The van der Waals surface area contributed by atoms with Crippen LogP contribution in [0, 0.1) is 0 Å². The van der Waals surface area contributed by atoms with Crippen molar-refractivity contribution in [3.05, 3.63) is 27.7 Å². The molecular weight excluding hydrogens is 285 g/mol. The van der Waals surface area contributed by atoms with Gasteiger partial charge < -0.3 is 15.2 Å². The Hall–Kier alpha value is -0.480. The molecule has 0 saturated heterocycles. The first kappa shape index (κ1) is 14.9. The lowest BCUT2D eigenvalue weighted by Gasteiger charge is -2.28. The Morgan fingerprint density at radius 3 is 3.00 bits per heavy atom. The first-order valence-electron chi connectivity index (χ1n) is 6.65. The van der Waals surface area contributed by atoms with Gasteiger partial charge in [0.1, 0.15) is 5.75 Å². The fraction of sp³-hybridized carbons (Fsp3) is 0.571. The van der Waals surface area contributed by atoms with Crippen molar-refractivity contribution in [1.29, 1.82) is 0 Å². The van der Waals surface area contributed by atoms with Crippen molar-refractivity contribution in [2.75, 3.05) is 13.2 Å². The monoisotopic (exact) mass is 303 g/mol. The van der Waals surface area contributed by atoms with Crippen molar-refractivity contribution >= 4 is 23.2 Å². The third-order valence-corrected chi connectivity index (χ3v) is 3.79. The molecule has 0 amide bonds. The molecule has 19 heavy (non-hydrogen) atoms. The number of hydrogen-bond acceptors (Lipinski definition) is 3. The number of benzene rings is 1. The van der Waals surface area contributed by atoms with E-state index in [1.165, 1.54) is 0 Å². The number of ether oxygens (including phenoxy) is 1. The topological polar surface area (TPSA) is 41.5 Å². The Morgan fingerprint density at radius 2 is 2.26 bits per heavy atom. The largest absolute Gasteiger partial charge is 0.492 e. The average Bonchev–Trinajstić information content (AvgIpc) is 2.36. The summed E-state index contributed by atoms with van der Waals surface area (Å²) in [7, 11) is 0. The first-order chi connectivity index (χ1) is 9.11. The quantitative estimate of drug-likeness (QED) is 0.874. The summed E-state index contributed by atoms with van der Waals surface area (Å²) >= 11 is 12.2. The third kappa shape index (κ3) is 3.76. The maximum Gasteiger partial charge on any atom is 0.142 e. The SMILES string of the molecule is CCCC(O)CNC1CCOc2c(Cl)cc(Cl)cc21. The van der Waals surface area contributed by atoms with Crippen molar-refractivity contribution < 1.29 is 9.84 Å². The Labute approximate surface area is 123 Å². The Balaban J connectivity index is 2.09. The molecule has 2 atom stereocenters. The maximum absolute atomic E-state index is 9.79. The lowest BCUT2D eigenvalue weighted by molar-refractivity contribution is 0.150. The fourth-order valence-corrected chi connectivity index (χ4v) is 2.92. The van der Waals surface area contributed by atoms with Crippen LogP contribution in [0.5, 0.6) is 5.75 Å². The van der Waals surface area contributed by atoms with Gasteiger partial charge in [-0.1, -0.05) is 36.5 Å². The van der Waals surface area contributed by atoms with Crippen molar-refractivity contribution in [3.8, 4) is 5.75 Å². The molecule has 0 aromatic heterocycles. The summed E-state index contributed by atoms with van der Waals surface area (Å²) in [5, 5.41) is 14.3. The smallest absolute Gasteiger partial charge is 0.142 e. The van der Waals surface area contributed by atoms with E-state index in [1.807, 2.05) is 6.07 Å².